The van der Waals surface area contributed by atoms with E-state index < -0.39 is 5.82 Å². The van der Waals surface area contributed by atoms with E-state index in [2.05, 4.69) is 36.5 Å². The van der Waals surface area contributed by atoms with Crippen LogP contribution in [0.1, 0.15) is 0 Å². The summed E-state index contributed by atoms with van der Waals surface area (Å²) >= 11 is 3.22. The van der Waals surface area contributed by atoms with E-state index in [9.17, 15) is 4.39 Å². The Labute approximate surface area is 163 Å². The Kier molecular flexibility index (Phi) is 5.60. The maximum Gasteiger partial charge on any atom is 0.159 e. The lowest BCUT2D eigenvalue weighted by Gasteiger charge is -2.15. The van der Waals surface area contributed by atoms with Crippen molar-refractivity contribution in [2.45, 2.75) is 0 Å². The molecule has 0 fully saturated rings. The van der Waals surface area contributed by atoms with Crippen LogP contribution in [0.5, 0.6) is 11.5 Å². The first-order valence-electron chi connectivity index (χ1n) is 7.83. The summed E-state index contributed by atoms with van der Waals surface area (Å²) in [4.78, 5) is 8.25. The molecule has 27 heavy (non-hydrogen) atoms. The number of hydrogen-bond acceptors (Lipinski definition) is 7. The topological polar surface area (TPSA) is 94.3 Å². The van der Waals surface area contributed by atoms with Crippen LogP contribution in [0.4, 0.5) is 33.1 Å². The van der Waals surface area contributed by atoms with Crippen molar-refractivity contribution in [2.24, 2.45) is 0 Å². The molecule has 9 heteroatoms. The van der Waals surface area contributed by atoms with Crippen LogP contribution in [0, 0.1) is 5.82 Å². The van der Waals surface area contributed by atoms with Crippen molar-refractivity contribution >= 4 is 44.6 Å². The lowest BCUT2D eigenvalue weighted by molar-refractivity contribution is 0.395. The van der Waals surface area contributed by atoms with E-state index in [1.165, 1.54) is 12.4 Å². The second kappa shape index (κ2) is 8.09. The second-order valence-corrected chi connectivity index (χ2v) is 6.34. The molecule has 0 aliphatic heterocycles. The molecular formula is C18H17BrFN5O2. The van der Waals surface area contributed by atoms with Crippen molar-refractivity contribution in [1.82, 2.24) is 9.97 Å². The third-order valence-corrected chi connectivity index (χ3v) is 4.22. The maximum atomic E-state index is 14.1. The third kappa shape index (κ3) is 4.20. The van der Waals surface area contributed by atoms with Crippen LogP contribution in [0.3, 0.4) is 0 Å². The van der Waals surface area contributed by atoms with Gasteiger partial charge in [-0.2, -0.15) is 0 Å². The molecule has 0 saturated heterocycles. The first-order chi connectivity index (χ1) is 13.0. The van der Waals surface area contributed by atoms with Gasteiger partial charge in [-0.25, -0.2) is 14.4 Å². The third-order valence-electron chi connectivity index (χ3n) is 3.73. The van der Waals surface area contributed by atoms with Gasteiger partial charge in [-0.1, -0.05) is 15.9 Å². The monoisotopic (exact) mass is 433 g/mol. The summed E-state index contributed by atoms with van der Waals surface area (Å²) in [5, 5.41) is 5.97. The number of anilines is 5. The molecule has 0 aliphatic carbocycles. The highest BCUT2D eigenvalue weighted by atomic mass is 79.9. The predicted molar refractivity (Wildman–Crippen MR) is 107 cm³/mol. The number of rotatable bonds is 6. The number of nitrogen functional groups attached to an aromatic ring is 1. The van der Waals surface area contributed by atoms with Gasteiger partial charge < -0.3 is 25.8 Å². The largest absolute Gasteiger partial charge is 0.497 e. The van der Waals surface area contributed by atoms with E-state index in [0.29, 0.717) is 27.5 Å². The fourth-order valence-corrected chi connectivity index (χ4v) is 2.68. The number of halogens is 2. The molecule has 1 aromatic heterocycles. The van der Waals surface area contributed by atoms with Gasteiger partial charge in [0.2, 0.25) is 0 Å². The number of benzene rings is 2. The molecule has 1 heterocycles. The van der Waals surface area contributed by atoms with Gasteiger partial charge in [-0.3, -0.25) is 0 Å². The number of hydrogen-bond donors (Lipinski definition) is 3. The molecule has 0 atom stereocenters. The van der Waals surface area contributed by atoms with Crippen molar-refractivity contribution < 1.29 is 13.9 Å². The van der Waals surface area contributed by atoms with E-state index in [1.54, 1.807) is 44.6 Å². The molecular weight excluding hydrogens is 417 g/mol. The Morgan fingerprint density at radius 2 is 1.63 bits per heavy atom. The molecule has 0 amide bonds. The molecule has 4 N–H and O–H groups in total. The van der Waals surface area contributed by atoms with Gasteiger partial charge in [0.25, 0.3) is 0 Å². The number of methoxy groups -OCH3 is 2. The van der Waals surface area contributed by atoms with Gasteiger partial charge in [0.1, 0.15) is 29.3 Å². The van der Waals surface area contributed by atoms with Crippen molar-refractivity contribution in [1.29, 1.82) is 0 Å². The molecule has 3 rings (SSSR count). The Balaban J connectivity index is 1.89. The average molecular weight is 434 g/mol. The molecule has 0 saturated carbocycles. The van der Waals surface area contributed by atoms with Gasteiger partial charge in [-0.15, -0.1) is 0 Å². The molecule has 7 nitrogen and oxygen atoms in total. The Hall–Kier alpha value is -3.07. The second-order valence-electron chi connectivity index (χ2n) is 5.42. The number of aromatic nitrogens is 2. The van der Waals surface area contributed by atoms with Crippen molar-refractivity contribution in [3.05, 3.63) is 53.0 Å². The molecule has 0 bridgehead atoms. The Morgan fingerprint density at radius 1 is 0.963 bits per heavy atom. The van der Waals surface area contributed by atoms with Crippen LogP contribution >= 0.6 is 15.9 Å². The summed E-state index contributed by atoms with van der Waals surface area (Å²) < 4.78 is 25.2. The molecule has 3 aromatic rings. The van der Waals surface area contributed by atoms with Gasteiger partial charge in [0, 0.05) is 10.5 Å². The van der Waals surface area contributed by atoms with Crippen LogP contribution in [-0.4, -0.2) is 24.2 Å². The summed E-state index contributed by atoms with van der Waals surface area (Å²) in [6.07, 6.45) is 1.33. The lowest BCUT2D eigenvalue weighted by atomic mass is 10.2. The van der Waals surface area contributed by atoms with Crippen LogP contribution < -0.4 is 25.8 Å². The van der Waals surface area contributed by atoms with Crippen molar-refractivity contribution in [3.63, 3.8) is 0 Å². The zero-order valence-corrected chi connectivity index (χ0v) is 16.2. The fourth-order valence-electron chi connectivity index (χ4n) is 2.34. The molecule has 0 aliphatic rings. The Morgan fingerprint density at radius 3 is 2.26 bits per heavy atom. The minimum Gasteiger partial charge on any atom is -0.497 e. The minimum absolute atomic E-state index is 0.234. The van der Waals surface area contributed by atoms with Crippen LogP contribution in [0.2, 0.25) is 0 Å². The smallest absolute Gasteiger partial charge is 0.159 e. The summed E-state index contributed by atoms with van der Waals surface area (Å²) in [6, 6.07) is 9.93. The maximum absolute atomic E-state index is 14.1. The summed E-state index contributed by atoms with van der Waals surface area (Å²) in [7, 11) is 3.12. The lowest BCUT2D eigenvalue weighted by Crippen LogP contribution is -2.06. The van der Waals surface area contributed by atoms with E-state index in [-0.39, 0.29) is 17.2 Å². The first kappa shape index (κ1) is 18.7. The summed E-state index contributed by atoms with van der Waals surface area (Å²) in [6.45, 7) is 0. The molecule has 0 unspecified atom stereocenters. The van der Waals surface area contributed by atoms with Crippen LogP contribution in [0.25, 0.3) is 0 Å². The number of nitrogens with one attached hydrogen (secondary N) is 2. The van der Waals surface area contributed by atoms with Crippen LogP contribution in [0.15, 0.2) is 47.2 Å². The van der Waals surface area contributed by atoms with E-state index >= 15 is 0 Å². The summed E-state index contributed by atoms with van der Waals surface area (Å²) in [5.41, 5.74) is 7.28. The zero-order chi connectivity index (χ0) is 19.4. The van der Waals surface area contributed by atoms with Crippen molar-refractivity contribution in [3.8, 4) is 11.5 Å². The first-order valence-corrected chi connectivity index (χ1v) is 8.62. The van der Waals surface area contributed by atoms with Gasteiger partial charge in [-0.05, 0) is 30.3 Å². The molecule has 2 aromatic carbocycles. The fraction of sp³-hybridized carbons (Fsp3) is 0.111. The summed E-state index contributed by atoms with van der Waals surface area (Å²) in [5.74, 6) is 1.41. The quantitative estimate of drug-likeness (QED) is 0.527. The van der Waals surface area contributed by atoms with Crippen LogP contribution in [-0.2, 0) is 0 Å². The van der Waals surface area contributed by atoms with E-state index in [1.807, 2.05) is 0 Å². The number of nitrogens with two attached hydrogens (primary N) is 1. The van der Waals surface area contributed by atoms with E-state index in [0.717, 1.165) is 0 Å². The molecule has 0 spiro atoms. The Bertz CT molecular complexity index is 970. The van der Waals surface area contributed by atoms with Crippen molar-refractivity contribution in [2.75, 3.05) is 30.6 Å². The average Bonchev–Trinajstić information content (AvgIpc) is 2.67. The highest BCUT2D eigenvalue weighted by molar-refractivity contribution is 9.10. The normalized spacial score (nSPS) is 10.4. The SMILES string of the molecule is COc1ccc(Nc2ncnc(Nc3ccc(Br)cc3F)c2N)c(OC)c1. The molecule has 140 valence electrons. The zero-order valence-electron chi connectivity index (χ0n) is 14.6. The van der Waals surface area contributed by atoms with Gasteiger partial charge in [0.15, 0.2) is 11.6 Å². The predicted octanol–water partition coefficient (Wildman–Crippen LogP) is 4.46. The number of nitrogens with zero attached hydrogens (tertiary/aromatic N) is 2. The van der Waals surface area contributed by atoms with E-state index in [4.69, 9.17) is 15.2 Å². The standard InChI is InChI=1S/C18H17BrFN5O2/c1-26-11-4-6-14(15(8-11)27-2)25-18-16(21)17(22-9-23-18)24-13-5-3-10(19)7-12(13)20/h3-9H,21H2,1-2H3,(H2,22,23,24,25). The van der Waals surface area contributed by atoms with Gasteiger partial charge in [0.05, 0.1) is 25.6 Å². The minimum atomic E-state index is -0.436. The number of ether oxygens (including phenoxy) is 2. The highest BCUT2D eigenvalue weighted by Gasteiger charge is 2.13. The highest BCUT2D eigenvalue weighted by Crippen LogP contribution is 2.34. The molecule has 0 radical (unpaired) electrons. The van der Waals surface area contributed by atoms with Gasteiger partial charge >= 0.3 is 0 Å².